The zero-order valence-corrected chi connectivity index (χ0v) is 10.3. The van der Waals surface area contributed by atoms with Crippen LogP contribution in [0.3, 0.4) is 0 Å². The topological polar surface area (TPSA) is 61.0 Å². The van der Waals surface area contributed by atoms with E-state index < -0.39 is 0 Å². The van der Waals surface area contributed by atoms with E-state index >= 15 is 0 Å². The van der Waals surface area contributed by atoms with Crippen LogP contribution in [0.25, 0.3) is 0 Å². The van der Waals surface area contributed by atoms with Crippen molar-refractivity contribution in [3.05, 3.63) is 22.0 Å². The highest BCUT2D eigenvalue weighted by atomic mass is 16.6. The Balaban J connectivity index is 2.26. The van der Waals surface area contributed by atoms with Crippen LogP contribution in [0.4, 0.5) is 5.69 Å². The second-order valence-corrected chi connectivity index (χ2v) is 4.75. The second-order valence-electron chi connectivity index (χ2n) is 4.75. The highest BCUT2D eigenvalue weighted by Gasteiger charge is 2.27. The van der Waals surface area contributed by atoms with Gasteiger partial charge in [-0.3, -0.25) is 14.8 Å². The Morgan fingerprint density at radius 2 is 2.18 bits per heavy atom. The van der Waals surface area contributed by atoms with Gasteiger partial charge in [-0.1, -0.05) is 26.2 Å². The minimum Gasteiger partial charge on any atom is -0.265 e. The molecule has 1 aliphatic rings. The minimum atomic E-state index is -0.289. The van der Waals surface area contributed by atoms with Crippen LogP contribution in [0.1, 0.15) is 57.1 Å². The lowest BCUT2D eigenvalue weighted by molar-refractivity contribution is -0.385. The van der Waals surface area contributed by atoms with Crippen molar-refractivity contribution in [2.24, 2.45) is 0 Å². The van der Waals surface area contributed by atoms with Crippen LogP contribution in [0.15, 0.2) is 6.20 Å². The molecular weight excluding hydrogens is 218 g/mol. The first kappa shape index (κ1) is 12.1. The van der Waals surface area contributed by atoms with E-state index in [1.54, 1.807) is 10.9 Å². The summed E-state index contributed by atoms with van der Waals surface area (Å²) in [7, 11) is 0. The van der Waals surface area contributed by atoms with E-state index in [2.05, 4.69) is 5.10 Å². The maximum Gasteiger partial charge on any atom is 0.310 e. The first-order chi connectivity index (χ1) is 8.22. The van der Waals surface area contributed by atoms with Crippen LogP contribution in [0, 0.1) is 10.1 Å². The maximum atomic E-state index is 11.0. The summed E-state index contributed by atoms with van der Waals surface area (Å²) in [4.78, 5) is 10.7. The third-order valence-electron chi connectivity index (χ3n) is 3.41. The fourth-order valence-electron chi connectivity index (χ4n) is 2.58. The molecule has 0 atom stereocenters. The predicted octanol–water partition coefficient (Wildman–Crippen LogP) is 3.25. The molecule has 0 bridgehead atoms. The molecule has 0 amide bonds. The highest BCUT2D eigenvalue weighted by molar-refractivity contribution is 5.35. The van der Waals surface area contributed by atoms with Crippen molar-refractivity contribution in [1.82, 2.24) is 9.78 Å². The third kappa shape index (κ3) is 2.65. The van der Waals surface area contributed by atoms with Gasteiger partial charge in [0.25, 0.3) is 0 Å². The van der Waals surface area contributed by atoms with Crippen LogP contribution in [-0.4, -0.2) is 14.7 Å². The average molecular weight is 237 g/mol. The third-order valence-corrected chi connectivity index (χ3v) is 3.41. The Morgan fingerprint density at radius 3 is 2.76 bits per heavy atom. The quantitative estimate of drug-likeness (QED) is 0.596. The molecule has 0 spiro atoms. The molecule has 1 aliphatic carbocycles. The molecular formula is C12H19N3O2. The summed E-state index contributed by atoms with van der Waals surface area (Å²) in [5, 5.41) is 15.5. The molecule has 5 nitrogen and oxygen atoms in total. The lowest BCUT2D eigenvalue weighted by Gasteiger charge is -2.18. The Morgan fingerprint density at radius 1 is 1.47 bits per heavy atom. The van der Waals surface area contributed by atoms with Crippen molar-refractivity contribution in [3.8, 4) is 0 Å². The van der Waals surface area contributed by atoms with Crippen molar-refractivity contribution < 1.29 is 4.92 Å². The monoisotopic (exact) mass is 237 g/mol. The van der Waals surface area contributed by atoms with Gasteiger partial charge in [-0.2, -0.15) is 5.10 Å². The van der Waals surface area contributed by atoms with Gasteiger partial charge in [0, 0.05) is 12.5 Å². The van der Waals surface area contributed by atoms with Crippen molar-refractivity contribution in [2.75, 3.05) is 0 Å². The number of aromatic nitrogens is 2. The second kappa shape index (κ2) is 5.29. The lowest BCUT2D eigenvalue weighted by Crippen LogP contribution is -2.08. The molecule has 0 radical (unpaired) electrons. The van der Waals surface area contributed by atoms with E-state index in [0.717, 1.165) is 25.8 Å². The number of rotatable bonds is 4. The normalized spacial score (nSPS) is 17.2. The van der Waals surface area contributed by atoms with Crippen LogP contribution < -0.4 is 0 Å². The molecule has 0 aliphatic heterocycles. The number of hydrogen-bond donors (Lipinski definition) is 0. The zero-order chi connectivity index (χ0) is 12.3. The maximum absolute atomic E-state index is 11.0. The van der Waals surface area contributed by atoms with Gasteiger partial charge in [0.05, 0.1) is 4.92 Å². The first-order valence-corrected chi connectivity index (χ1v) is 6.44. The minimum absolute atomic E-state index is 0.213. The van der Waals surface area contributed by atoms with E-state index in [0.29, 0.717) is 11.6 Å². The van der Waals surface area contributed by atoms with Gasteiger partial charge in [-0.05, 0) is 19.3 Å². The van der Waals surface area contributed by atoms with Crippen molar-refractivity contribution in [2.45, 2.75) is 57.9 Å². The molecule has 0 saturated heterocycles. The van der Waals surface area contributed by atoms with Crippen molar-refractivity contribution in [1.29, 1.82) is 0 Å². The molecule has 0 N–H and O–H groups in total. The summed E-state index contributed by atoms with van der Waals surface area (Å²) in [6, 6.07) is 0. The van der Waals surface area contributed by atoms with E-state index in [1.165, 1.54) is 19.3 Å². The summed E-state index contributed by atoms with van der Waals surface area (Å²) < 4.78 is 1.72. The average Bonchev–Trinajstić information content (AvgIpc) is 2.75. The summed E-state index contributed by atoms with van der Waals surface area (Å²) in [6.45, 7) is 2.81. The van der Waals surface area contributed by atoms with Gasteiger partial charge in [0.1, 0.15) is 11.9 Å². The largest absolute Gasteiger partial charge is 0.310 e. The molecule has 0 unspecified atom stereocenters. The van der Waals surface area contributed by atoms with Gasteiger partial charge >= 0.3 is 5.69 Å². The summed E-state index contributed by atoms with van der Waals surface area (Å²) in [5.74, 6) is 0.294. The SMILES string of the molecule is CCCn1cc([N+](=O)[O-])c(C2CCCCC2)n1. The summed E-state index contributed by atoms with van der Waals surface area (Å²) in [5.41, 5.74) is 0.925. The highest BCUT2D eigenvalue weighted by Crippen LogP contribution is 2.36. The molecule has 94 valence electrons. The van der Waals surface area contributed by atoms with Gasteiger partial charge in [-0.25, -0.2) is 0 Å². The van der Waals surface area contributed by atoms with Crippen LogP contribution in [0.5, 0.6) is 0 Å². The summed E-state index contributed by atoms with van der Waals surface area (Å²) in [6.07, 6.45) is 8.22. The van der Waals surface area contributed by atoms with Gasteiger partial charge in [0.2, 0.25) is 0 Å². The molecule has 2 rings (SSSR count). The Bertz CT molecular complexity index is 394. The molecule has 1 heterocycles. The van der Waals surface area contributed by atoms with Crippen molar-refractivity contribution >= 4 is 5.69 Å². The molecule has 0 aromatic carbocycles. The molecule has 1 aromatic rings. The lowest BCUT2D eigenvalue weighted by atomic mass is 9.86. The predicted molar refractivity (Wildman–Crippen MR) is 65.0 cm³/mol. The van der Waals surface area contributed by atoms with Gasteiger partial charge in [-0.15, -0.1) is 0 Å². The molecule has 1 saturated carbocycles. The number of nitrogens with zero attached hydrogens (tertiary/aromatic N) is 3. The van der Waals surface area contributed by atoms with Gasteiger partial charge in [0.15, 0.2) is 0 Å². The van der Waals surface area contributed by atoms with E-state index in [4.69, 9.17) is 0 Å². The molecule has 1 aromatic heterocycles. The Hall–Kier alpha value is -1.39. The number of hydrogen-bond acceptors (Lipinski definition) is 3. The molecule has 1 fully saturated rings. The van der Waals surface area contributed by atoms with E-state index in [9.17, 15) is 10.1 Å². The Labute approximate surface area is 101 Å². The fourth-order valence-corrected chi connectivity index (χ4v) is 2.58. The Kier molecular flexibility index (Phi) is 3.76. The first-order valence-electron chi connectivity index (χ1n) is 6.44. The van der Waals surface area contributed by atoms with Crippen molar-refractivity contribution in [3.63, 3.8) is 0 Å². The van der Waals surface area contributed by atoms with E-state index in [1.807, 2.05) is 6.92 Å². The zero-order valence-electron chi connectivity index (χ0n) is 10.3. The fraction of sp³-hybridized carbons (Fsp3) is 0.750. The molecule has 5 heteroatoms. The van der Waals surface area contributed by atoms with Crippen LogP contribution in [0.2, 0.25) is 0 Å². The molecule has 17 heavy (non-hydrogen) atoms. The van der Waals surface area contributed by atoms with Crippen LogP contribution >= 0.6 is 0 Å². The smallest absolute Gasteiger partial charge is 0.265 e. The van der Waals surface area contributed by atoms with Gasteiger partial charge < -0.3 is 0 Å². The standard InChI is InChI=1S/C12H19N3O2/c1-2-8-14-9-11(15(16)17)12(13-14)10-6-4-3-5-7-10/h9-10H,2-8H2,1H3. The van der Waals surface area contributed by atoms with Crippen LogP contribution in [-0.2, 0) is 6.54 Å². The summed E-state index contributed by atoms with van der Waals surface area (Å²) >= 11 is 0. The number of aryl methyl sites for hydroxylation is 1. The van der Waals surface area contributed by atoms with E-state index in [-0.39, 0.29) is 10.6 Å². The number of nitro groups is 1.